The Balaban J connectivity index is 2.11. The lowest BCUT2D eigenvalue weighted by molar-refractivity contribution is 0.627. The summed E-state index contributed by atoms with van der Waals surface area (Å²) in [6.45, 7) is 0. The second-order valence-electron chi connectivity index (χ2n) is 3.44. The third-order valence-electron chi connectivity index (χ3n) is 2.04. The van der Waals surface area contributed by atoms with Crippen molar-refractivity contribution in [3.63, 3.8) is 0 Å². The second kappa shape index (κ2) is 5.05. The van der Waals surface area contributed by atoms with Gasteiger partial charge in [-0.25, -0.2) is 4.39 Å². The number of nitrogens with zero attached hydrogens (tertiary/aromatic N) is 3. The zero-order valence-electron chi connectivity index (χ0n) is 9.30. The minimum Gasteiger partial charge on any atom is -0.398 e. The molecule has 8 heteroatoms. The monoisotopic (exact) mass is 266 g/mol. The number of nitrogen functional groups attached to an aromatic ring is 3. The van der Waals surface area contributed by atoms with E-state index in [0.717, 1.165) is 4.90 Å². The number of rotatable bonds is 3. The Labute approximate surface area is 107 Å². The number of halogens is 1. The molecule has 1 aromatic carbocycles. The maximum absolute atomic E-state index is 12.9. The summed E-state index contributed by atoms with van der Waals surface area (Å²) in [5, 5.41) is 0. The number of hydrogen-bond donors (Lipinski definition) is 3. The molecule has 0 aliphatic rings. The summed E-state index contributed by atoms with van der Waals surface area (Å²) in [7, 11) is 0. The number of nitrogens with two attached hydrogens (primary N) is 3. The van der Waals surface area contributed by atoms with Crippen LogP contribution in [-0.4, -0.2) is 15.0 Å². The Morgan fingerprint density at radius 3 is 2.33 bits per heavy atom. The molecular weight excluding hydrogens is 255 g/mol. The molecule has 0 aliphatic heterocycles. The first-order chi connectivity index (χ1) is 8.54. The van der Waals surface area contributed by atoms with E-state index in [2.05, 4.69) is 15.0 Å². The van der Waals surface area contributed by atoms with Gasteiger partial charge in [0.05, 0.1) is 5.75 Å². The second-order valence-corrected chi connectivity index (χ2v) is 4.46. The lowest BCUT2D eigenvalue weighted by Gasteiger charge is -2.05. The van der Waals surface area contributed by atoms with Crippen LogP contribution >= 0.6 is 11.8 Å². The number of benzene rings is 1. The SMILES string of the molecule is Nc1nc(N)nc(CSc2ccc(F)cc2N)n1. The largest absolute Gasteiger partial charge is 0.398 e. The van der Waals surface area contributed by atoms with E-state index < -0.39 is 0 Å². The molecular formula is C10H11FN6S. The van der Waals surface area contributed by atoms with E-state index in [1.807, 2.05) is 0 Å². The highest BCUT2D eigenvalue weighted by Crippen LogP contribution is 2.27. The molecule has 2 rings (SSSR count). The van der Waals surface area contributed by atoms with Crippen LogP contribution in [0.2, 0.25) is 0 Å². The average molecular weight is 266 g/mol. The van der Waals surface area contributed by atoms with E-state index in [4.69, 9.17) is 17.2 Å². The lowest BCUT2D eigenvalue weighted by Crippen LogP contribution is -2.06. The van der Waals surface area contributed by atoms with Gasteiger partial charge in [0.15, 0.2) is 0 Å². The molecule has 0 spiro atoms. The van der Waals surface area contributed by atoms with Gasteiger partial charge >= 0.3 is 0 Å². The summed E-state index contributed by atoms with van der Waals surface area (Å²) >= 11 is 1.37. The molecule has 0 amide bonds. The normalized spacial score (nSPS) is 10.5. The minimum atomic E-state index is -0.370. The first-order valence-corrected chi connectivity index (χ1v) is 5.97. The molecule has 0 radical (unpaired) electrons. The first kappa shape index (κ1) is 12.4. The zero-order chi connectivity index (χ0) is 13.1. The fourth-order valence-corrected chi connectivity index (χ4v) is 2.12. The lowest BCUT2D eigenvalue weighted by atomic mass is 10.3. The quantitative estimate of drug-likeness (QED) is 0.561. The van der Waals surface area contributed by atoms with Crippen molar-refractivity contribution in [1.29, 1.82) is 0 Å². The van der Waals surface area contributed by atoms with Gasteiger partial charge in [-0.05, 0) is 18.2 Å². The Morgan fingerprint density at radius 1 is 1.06 bits per heavy atom. The van der Waals surface area contributed by atoms with E-state index in [0.29, 0.717) is 17.3 Å². The number of thioether (sulfide) groups is 1. The van der Waals surface area contributed by atoms with Crippen molar-refractivity contribution in [2.45, 2.75) is 10.6 Å². The van der Waals surface area contributed by atoms with Crippen molar-refractivity contribution in [2.24, 2.45) is 0 Å². The van der Waals surface area contributed by atoms with Crippen LogP contribution in [0.5, 0.6) is 0 Å². The van der Waals surface area contributed by atoms with Crippen LogP contribution in [-0.2, 0) is 5.75 Å². The van der Waals surface area contributed by atoms with Crippen molar-refractivity contribution in [1.82, 2.24) is 15.0 Å². The standard InChI is InChI=1S/C10H11FN6S/c11-5-1-2-7(6(12)3-5)18-4-8-15-9(13)17-10(14)16-8/h1-3H,4,12H2,(H4,13,14,15,16,17). The predicted octanol–water partition coefficient (Wildman–Crippen LogP) is 1.05. The van der Waals surface area contributed by atoms with Crippen molar-refractivity contribution >= 4 is 29.3 Å². The Bertz CT molecular complexity index is 556. The molecule has 6 nitrogen and oxygen atoms in total. The minimum absolute atomic E-state index is 0.0742. The van der Waals surface area contributed by atoms with Gasteiger partial charge in [0.2, 0.25) is 11.9 Å². The Morgan fingerprint density at radius 2 is 1.72 bits per heavy atom. The van der Waals surface area contributed by atoms with Crippen molar-refractivity contribution in [3.05, 3.63) is 29.8 Å². The fraction of sp³-hybridized carbons (Fsp3) is 0.100. The van der Waals surface area contributed by atoms with E-state index in [9.17, 15) is 4.39 Å². The molecule has 0 saturated heterocycles. The van der Waals surface area contributed by atoms with Crippen LogP contribution in [0.4, 0.5) is 22.0 Å². The summed E-state index contributed by atoms with van der Waals surface area (Å²) < 4.78 is 12.9. The van der Waals surface area contributed by atoms with Gasteiger partial charge in [-0.15, -0.1) is 11.8 Å². The van der Waals surface area contributed by atoms with Gasteiger partial charge in [0.25, 0.3) is 0 Å². The van der Waals surface area contributed by atoms with Gasteiger partial charge in [-0.2, -0.15) is 15.0 Å². The van der Waals surface area contributed by atoms with Gasteiger partial charge in [0.1, 0.15) is 11.6 Å². The highest BCUT2D eigenvalue weighted by molar-refractivity contribution is 7.98. The Hall–Kier alpha value is -2.09. The number of anilines is 3. The highest BCUT2D eigenvalue weighted by atomic mass is 32.2. The van der Waals surface area contributed by atoms with E-state index in [1.54, 1.807) is 6.07 Å². The molecule has 6 N–H and O–H groups in total. The third kappa shape index (κ3) is 2.98. The predicted molar refractivity (Wildman–Crippen MR) is 69.0 cm³/mol. The molecule has 0 aliphatic carbocycles. The summed E-state index contributed by atoms with van der Waals surface area (Å²) in [5.74, 6) is 0.654. The van der Waals surface area contributed by atoms with Gasteiger partial charge in [-0.3, -0.25) is 0 Å². The Kier molecular flexibility index (Phi) is 3.47. The summed E-state index contributed by atoms with van der Waals surface area (Å²) in [6.07, 6.45) is 0. The van der Waals surface area contributed by atoms with Crippen LogP contribution in [0.15, 0.2) is 23.1 Å². The maximum Gasteiger partial charge on any atom is 0.225 e. The van der Waals surface area contributed by atoms with Gasteiger partial charge in [0, 0.05) is 10.6 Å². The molecule has 94 valence electrons. The molecule has 2 aromatic rings. The molecule has 1 aromatic heterocycles. The van der Waals surface area contributed by atoms with Crippen LogP contribution in [0.3, 0.4) is 0 Å². The third-order valence-corrected chi connectivity index (χ3v) is 3.13. The number of aromatic nitrogens is 3. The van der Waals surface area contributed by atoms with Crippen LogP contribution < -0.4 is 17.2 Å². The highest BCUT2D eigenvalue weighted by Gasteiger charge is 2.06. The first-order valence-electron chi connectivity index (χ1n) is 4.98. The summed E-state index contributed by atoms with van der Waals surface area (Å²) in [4.78, 5) is 12.3. The molecule has 0 bridgehead atoms. The van der Waals surface area contributed by atoms with E-state index in [1.165, 1.54) is 23.9 Å². The van der Waals surface area contributed by atoms with Crippen molar-refractivity contribution in [2.75, 3.05) is 17.2 Å². The summed E-state index contributed by atoms with van der Waals surface area (Å²) in [5.41, 5.74) is 17.0. The van der Waals surface area contributed by atoms with E-state index >= 15 is 0 Å². The maximum atomic E-state index is 12.9. The molecule has 1 heterocycles. The topological polar surface area (TPSA) is 117 Å². The fourth-order valence-electron chi connectivity index (χ4n) is 1.31. The molecule has 0 saturated carbocycles. The summed E-state index contributed by atoms with van der Waals surface area (Å²) in [6, 6.07) is 4.20. The van der Waals surface area contributed by atoms with Gasteiger partial charge in [-0.1, -0.05) is 0 Å². The van der Waals surface area contributed by atoms with Crippen LogP contribution in [0.1, 0.15) is 5.82 Å². The van der Waals surface area contributed by atoms with Crippen molar-refractivity contribution in [3.8, 4) is 0 Å². The van der Waals surface area contributed by atoms with E-state index in [-0.39, 0.29) is 17.7 Å². The van der Waals surface area contributed by atoms with Gasteiger partial charge < -0.3 is 17.2 Å². The zero-order valence-corrected chi connectivity index (χ0v) is 10.1. The van der Waals surface area contributed by atoms with Crippen LogP contribution in [0, 0.1) is 5.82 Å². The molecule has 0 atom stereocenters. The molecule has 0 unspecified atom stereocenters. The average Bonchev–Trinajstić information content (AvgIpc) is 2.26. The van der Waals surface area contributed by atoms with Crippen LogP contribution in [0.25, 0.3) is 0 Å². The van der Waals surface area contributed by atoms with Crippen molar-refractivity contribution < 1.29 is 4.39 Å². The number of hydrogen-bond acceptors (Lipinski definition) is 7. The molecule has 0 fully saturated rings. The smallest absolute Gasteiger partial charge is 0.225 e. The molecule has 18 heavy (non-hydrogen) atoms.